The number of aromatic nitrogens is 1. The van der Waals surface area contributed by atoms with Crippen molar-refractivity contribution in [1.82, 2.24) is 9.88 Å². The molecule has 0 bridgehead atoms. The Kier molecular flexibility index (Phi) is 2.28. The predicted molar refractivity (Wildman–Crippen MR) is 72.5 cm³/mol. The van der Waals surface area contributed by atoms with E-state index in [-0.39, 0.29) is 17.5 Å². The van der Waals surface area contributed by atoms with E-state index >= 15 is 0 Å². The normalized spacial score (nSPS) is 22.2. The first kappa shape index (κ1) is 11.1. The molecule has 0 saturated heterocycles. The molecule has 0 spiro atoms. The van der Waals surface area contributed by atoms with Gasteiger partial charge in [-0.1, -0.05) is 15.9 Å². The number of likely N-dealkylation sites (N-methyl/N-ethyl adjacent to an activating group) is 1. The number of H-pyrrole nitrogens is 1. The molecule has 0 saturated carbocycles. The highest BCUT2D eigenvalue weighted by molar-refractivity contribution is 9.11. The summed E-state index contributed by atoms with van der Waals surface area (Å²) in [6.45, 7) is 0. The second-order valence-corrected chi connectivity index (χ2v) is 5.76. The number of nitrogens with zero attached hydrogens (tertiary/aromatic N) is 1. The molecule has 1 aliphatic heterocycles. The number of nitrogens with two attached hydrogens (primary N) is 1. The molecule has 6 heteroatoms. The number of carbonyl (C=O) groups excluding carboxylic acids is 1. The van der Waals surface area contributed by atoms with Gasteiger partial charge in [-0.25, -0.2) is 0 Å². The van der Waals surface area contributed by atoms with Crippen molar-refractivity contribution < 1.29 is 4.79 Å². The molecule has 17 heavy (non-hydrogen) atoms. The first-order valence-corrected chi connectivity index (χ1v) is 6.62. The first-order valence-electron chi connectivity index (χ1n) is 5.03. The lowest BCUT2D eigenvalue weighted by atomic mass is 9.90. The van der Waals surface area contributed by atoms with Gasteiger partial charge in [-0.3, -0.25) is 4.79 Å². The molecule has 1 aliphatic carbocycles. The van der Waals surface area contributed by atoms with Crippen LogP contribution in [0, 0.1) is 0 Å². The van der Waals surface area contributed by atoms with Crippen molar-refractivity contribution in [2.75, 3.05) is 7.05 Å². The maximum atomic E-state index is 12.1. The number of carbonyl (C=O) groups is 1. The van der Waals surface area contributed by atoms with Gasteiger partial charge in [0.1, 0.15) is 0 Å². The standard InChI is InChI=1S/C11H9Br2N3O/c1-16-3-2-4-5-8(15-11(4)13)10(17)7(14)6(12)9(5)16/h2-3,9,15H,14H2,1H3. The van der Waals surface area contributed by atoms with Gasteiger partial charge >= 0.3 is 0 Å². The number of Topliss-reactive ketones (excluding diaryl/α,β-unsaturated/α-hetero) is 1. The Labute approximate surface area is 115 Å². The molecule has 3 rings (SSSR count). The predicted octanol–water partition coefficient (Wildman–Crippen LogP) is 2.50. The number of aromatic amines is 1. The molecule has 3 N–H and O–H groups in total. The highest BCUT2D eigenvalue weighted by atomic mass is 79.9. The molecule has 1 unspecified atom stereocenters. The van der Waals surface area contributed by atoms with Crippen molar-refractivity contribution in [2.45, 2.75) is 6.04 Å². The molecule has 2 heterocycles. The second kappa shape index (κ2) is 3.49. The van der Waals surface area contributed by atoms with E-state index in [0.29, 0.717) is 5.69 Å². The third-order valence-corrected chi connectivity index (χ3v) is 4.64. The molecule has 0 fully saturated rings. The minimum absolute atomic E-state index is 0.0229. The Bertz CT molecular complexity index is 600. The van der Waals surface area contributed by atoms with Crippen LogP contribution in [-0.4, -0.2) is 22.7 Å². The number of hydrogen-bond acceptors (Lipinski definition) is 3. The Morgan fingerprint density at radius 2 is 2.18 bits per heavy atom. The molecule has 2 aliphatic rings. The van der Waals surface area contributed by atoms with E-state index in [4.69, 9.17) is 5.73 Å². The van der Waals surface area contributed by atoms with E-state index in [2.05, 4.69) is 36.8 Å². The summed E-state index contributed by atoms with van der Waals surface area (Å²) in [5, 5.41) is 0. The fourth-order valence-electron chi connectivity index (χ4n) is 2.30. The summed E-state index contributed by atoms with van der Waals surface area (Å²) in [4.78, 5) is 17.2. The van der Waals surface area contributed by atoms with Gasteiger partial charge in [-0.15, -0.1) is 0 Å². The first-order chi connectivity index (χ1) is 8.02. The molecule has 1 aromatic heterocycles. The van der Waals surface area contributed by atoms with Gasteiger partial charge in [0.05, 0.1) is 22.0 Å². The zero-order valence-electron chi connectivity index (χ0n) is 8.92. The van der Waals surface area contributed by atoms with Gasteiger partial charge in [0, 0.05) is 28.9 Å². The average molecular weight is 359 g/mol. The topological polar surface area (TPSA) is 62.1 Å². The van der Waals surface area contributed by atoms with Gasteiger partial charge < -0.3 is 15.6 Å². The maximum absolute atomic E-state index is 12.1. The summed E-state index contributed by atoms with van der Waals surface area (Å²) < 4.78 is 1.55. The third kappa shape index (κ3) is 1.31. The van der Waals surface area contributed by atoms with Crippen molar-refractivity contribution in [3.63, 3.8) is 0 Å². The van der Waals surface area contributed by atoms with Crippen molar-refractivity contribution in [2.24, 2.45) is 5.73 Å². The SMILES string of the molecule is CN1C=Cc2c(Br)[nH]c3c2C1C(Br)=C(N)C3=O. The van der Waals surface area contributed by atoms with Crippen LogP contribution in [0.15, 0.2) is 21.0 Å². The van der Waals surface area contributed by atoms with Crippen molar-refractivity contribution in [3.8, 4) is 0 Å². The van der Waals surface area contributed by atoms with Crippen LogP contribution in [0.2, 0.25) is 0 Å². The number of allylic oxidation sites excluding steroid dienone is 1. The summed E-state index contributed by atoms with van der Waals surface area (Å²) in [6.07, 6.45) is 3.95. The molecule has 1 atom stereocenters. The Hall–Kier alpha value is -1.01. The summed E-state index contributed by atoms with van der Waals surface area (Å²) in [5.41, 5.74) is 8.69. The summed E-state index contributed by atoms with van der Waals surface area (Å²) in [6, 6.07) is -0.0229. The van der Waals surface area contributed by atoms with E-state index in [1.807, 2.05) is 24.2 Å². The molecular formula is C11H9Br2N3O. The van der Waals surface area contributed by atoms with Crippen LogP contribution >= 0.6 is 31.9 Å². The Morgan fingerprint density at radius 1 is 1.47 bits per heavy atom. The van der Waals surface area contributed by atoms with E-state index < -0.39 is 0 Å². The van der Waals surface area contributed by atoms with E-state index in [0.717, 1.165) is 20.2 Å². The van der Waals surface area contributed by atoms with E-state index in [1.165, 1.54) is 0 Å². The van der Waals surface area contributed by atoms with E-state index in [1.54, 1.807) is 0 Å². The number of ketones is 1. The van der Waals surface area contributed by atoms with Crippen molar-refractivity contribution in [1.29, 1.82) is 0 Å². The van der Waals surface area contributed by atoms with Gasteiger partial charge in [0.25, 0.3) is 0 Å². The monoisotopic (exact) mass is 357 g/mol. The smallest absolute Gasteiger partial charge is 0.226 e. The number of rotatable bonds is 0. The van der Waals surface area contributed by atoms with Crippen LogP contribution in [-0.2, 0) is 0 Å². The van der Waals surface area contributed by atoms with Crippen LogP contribution < -0.4 is 5.73 Å². The van der Waals surface area contributed by atoms with Crippen LogP contribution in [0.3, 0.4) is 0 Å². The van der Waals surface area contributed by atoms with Gasteiger partial charge in [0.2, 0.25) is 5.78 Å². The average Bonchev–Trinajstić information content (AvgIpc) is 2.63. The van der Waals surface area contributed by atoms with Gasteiger partial charge in [-0.2, -0.15) is 0 Å². The zero-order valence-corrected chi connectivity index (χ0v) is 12.1. The fourth-order valence-corrected chi connectivity index (χ4v) is 3.58. The maximum Gasteiger partial charge on any atom is 0.226 e. The molecule has 88 valence electrons. The van der Waals surface area contributed by atoms with Gasteiger partial charge in [-0.05, 0) is 22.0 Å². The van der Waals surface area contributed by atoms with Crippen LogP contribution in [0.4, 0.5) is 0 Å². The second-order valence-electron chi connectivity index (χ2n) is 4.12. The Morgan fingerprint density at radius 3 is 2.88 bits per heavy atom. The molecular weight excluding hydrogens is 350 g/mol. The highest BCUT2D eigenvalue weighted by Gasteiger charge is 2.38. The molecule has 4 nitrogen and oxygen atoms in total. The van der Waals surface area contributed by atoms with Crippen LogP contribution in [0.1, 0.15) is 27.7 Å². The zero-order chi connectivity index (χ0) is 12.3. The van der Waals surface area contributed by atoms with Crippen molar-refractivity contribution in [3.05, 3.63) is 37.8 Å². The molecule has 0 amide bonds. The minimum atomic E-state index is -0.154. The quantitative estimate of drug-likeness (QED) is 0.749. The molecule has 0 radical (unpaired) electrons. The number of hydrogen-bond donors (Lipinski definition) is 2. The van der Waals surface area contributed by atoms with Crippen LogP contribution in [0.25, 0.3) is 6.08 Å². The number of nitrogens with one attached hydrogen (secondary N) is 1. The van der Waals surface area contributed by atoms with Crippen molar-refractivity contribution >= 4 is 43.7 Å². The largest absolute Gasteiger partial charge is 0.395 e. The van der Waals surface area contributed by atoms with E-state index in [9.17, 15) is 4.79 Å². The minimum Gasteiger partial charge on any atom is -0.395 e. The summed E-state index contributed by atoms with van der Waals surface area (Å²) >= 11 is 6.87. The number of halogens is 2. The fraction of sp³-hybridized carbons (Fsp3) is 0.182. The third-order valence-electron chi connectivity index (χ3n) is 3.16. The Balaban J connectivity index is 2.36. The lowest BCUT2D eigenvalue weighted by molar-refractivity contribution is 0.102. The van der Waals surface area contributed by atoms with Gasteiger partial charge in [0.15, 0.2) is 0 Å². The lowest BCUT2D eigenvalue weighted by Gasteiger charge is -2.33. The lowest BCUT2D eigenvalue weighted by Crippen LogP contribution is -2.31. The van der Waals surface area contributed by atoms with Crippen LogP contribution in [0.5, 0.6) is 0 Å². The molecule has 0 aromatic carbocycles. The summed E-state index contributed by atoms with van der Waals surface area (Å²) in [5.74, 6) is -0.154. The molecule has 1 aromatic rings. The summed E-state index contributed by atoms with van der Waals surface area (Å²) in [7, 11) is 1.96. The highest BCUT2D eigenvalue weighted by Crippen LogP contribution is 2.45.